The van der Waals surface area contributed by atoms with Crippen molar-refractivity contribution in [3.8, 4) is 0 Å². The number of carbonyl (C=O) groups is 2. The minimum Gasteiger partial charge on any atom is -0.326 e. The Morgan fingerprint density at radius 1 is 1.15 bits per heavy atom. The molecule has 2 aromatic rings. The Bertz CT molecular complexity index is 831. The highest BCUT2D eigenvalue weighted by molar-refractivity contribution is 6.04. The van der Waals surface area contributed by atoms with Gasteiger partial charge in [-0.25, -0.2) is 0 Å². The van der Waals surface area contributed by atoms with Gasteiger partial charge in [-0.3, -0.25) is 9.59 Å². The van der Waals surface area contributed by atoms with Gasteiger partial charge in [-0.2, -0.15) is 0 Å². The highest BCUT2D eigenvalue weighted by Gasteiger charge is 2.36. The van der Waals surface area contributed by atoms with Crippen molar-refractivity contribution in [2.45, 2.75) is 46.0 Å². The van der Waals surface area contributed by atoms with Crippen LogP contribution in [0, 0.1) is 5.92 Å². The lowest BCUT2D eigenvalue weighted by molar-refractivity contribution is -0.122. The maximum absolute atomic E-state index is 12.8. The number of benzene rings is 2. The second-order valence-electron chi connectivity index (χ2n) is 7.27. The van der Waals surface area contributed by atoms with Gasteiger partial charge in [0.1, 0.15) is 0 Å². The van der Waals surface area contributed by atoms with Gasteiger partial charge in [-0.1, -0.05) is 57.2 Å². The third-order valence-corrected chi connectivity index (χ3v) is 5.52. The van der Waals surface area contributed by atoms with E-state index >= 15 is 0 Å². The monoisotopic (exact) mass is 364 g/mol. The molecular formula is C23H28N2O2. The van der Waals surface area contributed by atoms with Crippen LogP contribution in [-0.4, -0.2) is 18.4 Å². The summed E-state index contributed by atoms with van der Waals surface area (Å²) >= 11 is 0. The summed E-state index contributed by atoms with van der Waals surface area (Å²) in [5.41, 5.74) is 4.07. The minimum atomic E-state index is -0.326. The van der Waals surface area contributed by atoms with E-state index in [0.717, 1.165) is 29.8 Å². The molecule has 1 saturated heterocycles. The van der Waals surface area contributed by atoms with E-state index < -0.39 is 0 Å². The normalized spacial score (nSPS) is 17.8. The zero-order valence-corrected chi connectivity index (χ0v) is 16.4. The van der Waals surface area contributed by atoms with E-state index in [-0.39, 0.29) is 24.2 Å². The molecule has 1 heterocycles. The molecule has 2 aromatic carbocycles. The van der Waals surface area contributed by atoms with Crippen LogP contribution in [0.25, 0.3) is 0 Å². The quantitative estimate of drug-likeness (QED) is 0.804. The van der Waals surface area contributed by atoms with Gasteiger partial charge in [0.25, 0.3) is 0 Å². The van der Waals surface area contributed by atoms with Crippen LogP contribution in [0.4, 0.5) is 11.4 Å². The first kappa shape index (κ1) is 19.2. The molecule has 0 radical (unpaired) electrons. The van der Waals surface area contributed by atoms with Crippen LogP contribution in [0.3, 0.4) is 0 Å². The van der Waals surface area contributed by atoms with Gasteiger partial charge in [0.15, 0.2) is 0 Å². The lowest BCUT2D eigenvalue weighted by Crippen LogP contribution is -2.29. The third-order valence-electron chi connectivity index (χ3n) is 5.52. The van der Waals surface area contributed by atoms with Gasteiger partial charge in [0.2, 0.25) is 11.8 Å². The fourth-order valence-corrected chi connectivity index (χ4v) is 3.67. The first-order valence-electron chi connectivity index (χ1n) is 9.83. The highest BCUT2D eigenvalue weighted by atomic mass is 16.2. The van der Waals surface area contributed by atoms with Crippen LogP contribution < -0.4 is 10.2 Å². The molecule has 1 fully saturated rings. The molecule has 4 nitrogen and oxygen atoms in total. The third kappa shape index (κ3) is 4.05. The molecule has 3 rings (SSSR count). The van der Waals surface area contributed by atoms with E-state index in [1.807, 2.05) is 42.5 Å². The predicted octanol–water partition coefficient (Wildman–Crippen LogP) is 4.75. The van der Waals surface area contributed by atoms with Crippen LogP contribution in [-0.2, 0) is 16.0 Å². The van der Waals surface area contributed by atoms with Gasteiger partial charge in [0, 0.05) is 24.3 Å². The molecule has 0 aliphatic carbocycles. The summed E-state index contributed by atoms with van der Waals surface area (Å²) < 4.78 is 0. The number of rotatable bonds is 6. The Morgan fingerprint density at radius 2 is 1.85 bits per heavy atom. The van der Waals surface area contributed by atoms with E-state index in [1.165, 1.54) is 5.56 Å². The van der Waals surface area contributed by atoms with Crippen molar-refractivity contribution < 1.29 is 9.59 Å². The summed E-state index contributed by atoms with van der Waals surface area (Å²) in [5.74, 6) is -0.00633. The lowest BCUT2D eigenvalue weighted by atomic mass is 9.96. The minimum absolute atomic E-state index is 0.0229. The van der Waals surface area contributed by atoms with Gasteiger partial charge in [0.05, 0.1) is 5.92 Å². The van der Waals surface area contributed by atoms with Crippen LogP contribution in [0.15, 0.2) is 48.5 Å². The smallest absolute Gasteiger partial charge is 0.229 e. The zero-order chi connectivity index (χ0) is 19.4. The van der Waals surface area contributed by atoms with Crippen molar-refractivity contribution >= 4 is 23.2 Å². The maximum atomic E-state index is 12.8. The topological polar surface area (TPSA) is 49.4 Å². The standard InChI is InChI=1S/C23H28N2O2/c1-4-16(3)19-11-7-9-13-21(19)25-15-18(14-22(25)26)23(27)24-20-12-8-6-10-17(20)5-2/h6-13,16,18H,4-5,14-15H2,1-3H3,(H,24,27)/t16-,18-/m0/s1. The summed E-state index contributed by atoms with van der Waals surface area (Å²) in [7, 11) is 0. The molecule has 1 aliphatic heterocycles. The molecule has 0 unspecified atom stereocenters. The molecule has 2 amide bonds. The molecule has 1 aliphatic rings. The van der Waals surface area contributed by atoms with Gasteiger partial charge >= 0.3 is 0 Å². The van der Waals surface area contributed by atoms with Crippen molar-refractivity contribution in [2.75, 3.05) is 16.8 Å². The van der Waals surface area contributed by atoms with Crippen molar-refractivity contribution in [3.05, 3.63) is 59.7 Å². The Morgan fingerprint density at radius 3 is 2.59 bits per heavy atom. The number of hydrogen-bond acceptors (Lipinski definition) is 2. The summed E-state index contributed by atoms with van der Waals surface area (Å²) in [4.78, 5) is 27.3. The van der Waals surface area contributed by atoms with Crippen LogP contribution in [0.2, 0.25) is 0 Å². The van der Waals surface area contributed by atoms with E-state index in [9.17, 15) is 9.59 Å². The number of anilines is 2. The van der Waals surface area contributed by atoms with E-state index in [4.69, 9.17) is 0 Å². The number of nitrogens with zero attached hydrogens (tertiary/aromatic N) is 1. The summed E-state index contributed by atoms with van der Waals surface area (Å²) in [6.07, 6.45) is 2.13. The largest absolute Gasteiger partial charge is 0.326 e. The number of hydrogen-bond donors (Lipinski definition) is 1. The number of carbonyl (C=O) groups excluding carboxylic acids is 2. The van der Waals surface area contributed by atoms with Crippen molar-refractivity contribution in [3.63, 3.8) is 0 Å². The number of nitrogens with one attached hydrogen (secondary N) is 1. The molecule has 27 heavy (non-hydrogen) atoms. The fraction of sp³-hybridized carbons (Fsp3) is 0.391. The molecule has 0 aromatic heterocycles. The molecular weight excluding hydrogens is 336 g/mol. The van der Waals surface area contributed by atoms with Crippen molar-refractivity contribution in [2.24, 2.45) is 5.92 Å². The first-order valence-corrected chi connectivity index (χ1v) is 9.83. The average Bonchev–Trinajstić information content (AvgIpc) is 3.09. The maximum Gasteiger partial charge on any atom is 0.229 e. The lowest BCUT2D eigenvalue weighted by Gasteiger charge is -2.23. The molecule has 0 saturated carbocycles. The Hall–Kier alpha value is -2.62. The van der Waals surface area contributed by atoms with Gasteiger partial charge in [-0.05, 0) is 42.0 Å². The van der Waals surface area contributed by atoms with Crippen molar-refractivity contribution in [1.29, 1.82) is 0 Å². The average molecular weight is 364 g/mol. The summed E-state index contributed by atoms with van der Waals surface area (Å²) in [5, 5.41) is 3.03. The number of para-hydroxylation sites is 2. The SMILES string of the molecule is CCc1ccccc1NC(=O)[C@H]1CC(=O)N(c2ccccc2[C@@H](C)CC)C1. The Labute approximate surface area is 161 Å². The molecule has 142 valence electrons. The van der Waals surface area contributed by atoms with Crippen LogP contribution >= 0.6 is 0 Å². The second-order valence-corrected chi connectivity index (χ2v) is 7.27. The Balaban J connectivity index is 1.77. The van der Waals surface area contributed by atoms with E-state index in [2.05, 4.69) is 32.2 Å². The fourth-order valence-electron chi connectivity index (χ4n) is 3.67. The molecule has 0 spiro atoms. The highest BCUT2D eigenvalue weighted by Crippen LogP contribution is 2.33. The number of amides is 2. The molecule has 1 N–H and O–H groups in total. The van der Waals surface area contributed by atoms with E-state index in [1.54, 1.807) is 4.90 Å². The molecule has 4 heteroatoms. The number of aryl methyl sites for hydroxylation is 1. The van der Waals surface area contributed by atoms with Crippen LogP contribution in [0.1, 0.15) is 50.7 Å². The van der Waals surface area contributed by atoms with Crippen molar-refractivity contribution in [1.82, 2.24) is 0 Å². The molecule has 0 bridgehead atoms. The first-order chi connectivity index (χ1) is 13.0. The zero-order valence-electron chi connectivity index (χ0n) is 16.4. The van der Waals surface area contributed by atoms with Crippen LogP contribution in [0.5, 0.6) is 0 Å². The summed E-state index contributed by atoms with van der Waals surface area (Å²) in [6, 6.07) is 15.9. The molecule has 2 atom stereocenters. The van der Waals surface area contributed by atoms with E-state index in [0.29, 0.717) is 12.5 Å². The van der Waals surface area contributed by atoms with Gasteiger partial charge < -0.3 is 10.2 Å². The predicted molar refractivity (Wildman–Crippen MR) is 110 cm³/mol. The summed E-state index contributed by atoms with van der Waals surface area (Å²) in [6.45, 7) is 6.82. The second kappa shape index (κ2) is 8.38. The van der Waals surface area contributed by atoms with Gasteiger partial charge in [-0.15, -0.1) is 0 Å². The Kier molecular flexibility index (Phi) is 5.94.